The van der Waals surface area contributed by atoms with Crippen LogP contribution in [-0.4, -0.2) is 47.0 Å². The van der Waals surface area contributed by atoms with Gasteiger partial charge in [-0.05, 0) is 18.2 Å². The molecule has 1 aliphatic heterocycles. The molecule has 11 heteroatoms. The molecule has 0 N–H and O–H groups in total. The minimum Gasteiger partial charge on any atom is -0.465 e. The van der Waals surface area contributed by atoms with Gasteiger partial charge in [0.05, 0.1) is 24.3 Å². The van der Waals surface area contributed by atoms with Crippen LogP contribution in [0, 0.1) is 5.82 Å². The second-order valence-corrected chi connectivity index (χ2v) is 6.41. The second-order valence-electron chi connectivity index (χ2n) is 6.41. The fourth-order valence-corrected chi connectivity index (χ4v) is 3.28. The summed E-state index contributed by atoms with van der Waals surface area (Å²) in [5.74, 6) is 0.467. The van der Waals surface area contributed by atoms with Gasteiger partial charge in [-0.15, -0.1) is 0 Å². The summed E-state index contributed by atoms with van der Waals surface area (Å²) in [5, 5.41) is 8.25. The monoisotopic (exact) mass is 395 g/mol. The van der Waals surface area contributed by atoms with Crippen molar-refractivity contribution >= 4 is 5.97 Å². The third kappa shape index (κ3) is 2.96. The highest BCUT2D eigenvalue weighted by molar-refractivity contribution is 5.70. The fourth-order valence-electron chi connectivity index (χ4n) is 3.28. The highest BCUT2D eigenvalue weighted by atomic mass is 19.1. The molecule has 0 saturated carbocycles. The Labute approximate surface area is 163 Å². The summed E-state index contributed by atoms with van der Waals surface area (Å²) in [6.45, 7) is 1.83. The lowest BCUT2D eigenvalue weighted by Gasteiger charge is -2.08. The van der Waals surface area contributed by atoms with Crippen LogP contribution in [0.5, 0.6) is 0 Å². The smallest absolute Gasteiger partial charge is 0.302 e. The fraction of sp³-hybridized carbons (Fsp3) is 0.222. The van der Waals surface area contributed by atoms with E-state index in [4.69, 9.17) is 9.26 Å². The second kappa shape index (κ2) is 6.62. The predicted octanol–water partition coefficient (Wildman–Crippen LogP) is 1.79. The molecule has 0 spiro atoms. The number of halogens is 1. The van der Waals surface area contributed by atoms with Gasteiger partial charge in [0.2, 0.25) is 11.7 Å². The van der Waals surface area contributed by atoms with Gasteiger partial charge in [-0.2, -0.15) is 10.1 Å². The zero-order valence-corrected chi connectivity index (χ0v) is 15.2. The van der Waals surface area contributed by atoms with Crippen molar-refractivity contribution in [3.63, 3.8) is 0 Å². The van der Waals surface area contributed by atoms with Gasteiger partial charge in [0, 0.05) is 12.5 Å². The molecule has 0 aliphatic carbocycles. The summed E-state index contributed by atoms with van der Waals surface area (Å²) < 4.78 is 27.5. The minimum atomic E-state index is -0.372. The Bertz CT molecular complexity index is 1230. The number of benzene rings is 1. The van der Waals surface area contributed by atoms with Crippen molar-refractivity contribution in [1.29, 1.82) is 0 Å². The maximum atomic E-state index is 13.9. The minimum absolute atomic E-state index is 0.152. The number of rotatable bonds is 4. The van der Waals surface area contributed by atoms with Crippen LogP contribution < -0.4 is 0 Å². The molecule has 0 atom stereocenters. The Balaban J connectivity index is 1.55. The van der Waals surface area contributed by atoms with Gasteiger partial charge in [0.25, 0.3) is 0 Å². The molecule has 0 fully saturated rings. The molecule has 0 amide bonds. The molecule has 1 aromatic carbocycles. The first-order chi connectivity index (χ1) is 14.1. The Morgan fingerprint density at radius 3 is 3.10 bits per heavy atom. The largest absolute Gasteiger partial charge is 0.465 e. The summed E-state index contributed by atoms with van der Waals surface area (Å²) in [7, 11) is 0. The molecule has 10 nitrogen and oxygen atoms in total. The number of imidazole rings is 1. The molecule has 3 aromatic heterocycles. The molecule has 0 saturated heterocycles. The van der Waals surface area contributed by atoms with E-state index < -0.39 is 0 Å². The van der Waals surface area contributed by atoms with E-state index in [0.717, 1.165) is 11.4 Å². The van der Waals surface area contributed by atoms with Crippen LogP contribution in [0.2, 0.25) is 0 Å². The van der Waals surface area contributed by atoms with Gasteiger partial charge in [-0.3, -0.25) is 9.36 Å². The molecular formula is C18H14FN7O3. The zero-order valence-electron chi connectivity index (χ0n) is 15.2. The number of carbonyl (C=O) groups is 1. The number of esters is 1. The van der Waals surface area contributed by atoms with Gasteiger partial charge in [-0.25, -0.2) is 19.0 Å². The quantitative estimate of drug-likeness (QED) is 0.423. The number of hydrogen-bond donors (Lipinski definition) is 0. The molecule has 0 radical (unpaired) electrons. The van der Waals surface area contributed by atoms with Crippen molar-refractivity contribution in [2.45, 2.75) is 19.9 Å². The van der Waals surface area contributed by atoms with E-state index in [9.17, 15) is 9.18 Å². The lowest BCUT2D eigenvalue weighted by Crippen LogP contribution is -2.06. The van der Waals surface area contributed by atoms with E-state index in [2.05, 4.69) is 25.2 Å². The Kier molecular flexibility index (Phi) is 3.93. The highest BCUT2D eigenvalue weighted by Crippen LogP contribution is 2.33. The summed E-state index contributed by atoms with van der Waals surface area (Å²) >= 11 is 0. The number of carbonyl (C=O) groups excluding carboxylic acids is 1. The molecule has 0 unspecified atom stereocenters. The van der Waals surface area contributed by atoms with E-state index >= 15 is 0 Å². The highest BCUT2D eigenvalue weighted by Gasteiger charge is 2.26. The van der Waals surface area contributed by atoms with E-state index in [1.54, 1.807) is 17.1 Å². The number of aromatic nitrogens is 7. The zero-order chi connectivity index (χ0) is 20.0. The lowest BCUT2D eigenvalue weighted by atomic mass is 10.1. The number of ether oxygens (including phenoxy) is 1. The molecular weight excluding hydrogens is 381 g/mol. The molecule has 146 valence electrons. The maximum absolute atomic E-state index is 13.9. The van der Waals surface area contributed by atoms with Crippen LogP contribution >= 0.6 is 0 Å². The van der Waals surface area contributed by atoms with Crippen LogP contribution in [-0.2, 0) is 22.5 Å². The Hall–Kier alpha value is -3.89. The third-order valence-corrected chi connectivity index (χ3v) is 4.54. The Morgan fingerprint density at radius 1 is 1.34 bits per heavy atom. The van der Waals surface area contributed by atoms with Gasteiger partial charge in [0.15, 0.2) is 5.82 Å². The van der Waals surface area contributed by atoms with Crippen molar-refractivity contribution in [3.8, 4) is 28.6 Å². The van der Waals surface area contributed by atoms with Crippen molar-refractivity contribution in [1.82, 2.24) is 34.5 Å². The van der Waals surface area contributed by atoms with E-state index in [1.165, 1.54) is 25.4 Å². The Morgan fingerprint density at radius 2 is 2.24 bits per heavy atom. The van der Waals surface area contributed by atoms with E-state index in [0.29, 0.717) is 41.8 Å². The van der Waals surface area contributed by atoms with Gasteiger partial charge < -0.3 is 9.26 Å². The first-order valence-electron chi connectivity index (χ1n) is 8.81. The van der Waals surface area contributed by atoms with Crippen LogP contribution in [0.1, 0.15) is 18.5 Å². The van der Waals surface area contributed by atoms with Gasteiger partial charge >= 0.3 is 5.97 Å². The van der Waals surface area contributed by atoms with Crippen molar-refractivity contribution < 1.29 is 18.4 Å². The van der Waals surface area contributed by atoms with E-state index in [-0.39, 0.29) is 18.4 Å². The van der Waals surface area contributed by atoms with Crippen LogP contribution in [0.25, 0.3) is 28.6 Å². The molecule has 4 aromatic rings. The van der Waals surface area contributed by atoms with Crippen molar-refractivity contribution in [2.24, 2.45) is 0 Å². The van der Waals surface area contributed by atoms with Crippen LogP contribution in [0.15, 0.2) is 35.4 Å². The topological polar surface area (TPSA) is 114 Å². The lowest BCUT2D eigenvalue weighted by molar-refractivity contribution is -0.140. The summed E-state index contributed by atoms with van der Waals surface area (Å²) in [6.07, 6.45) is 3.36. The molecule has 29 heavy (non-hydrogen) atoms. The van der Waals surface area contributed by atoms with Crippen LogP contribution in [0.4, 0.5) is 4.39 Å². The SMILES string of the molecule is CC(=O)OCCc1nc(-c2ncn3c2Cn2ncnc2-c2cc(F)ccc2-3)no1. The van der Waals surface area contributed by atoms with Gasteiger partial charge in [0.1, 0.15) is 30.8 Å². The molecule has 0 bridgehead atoms. The maximum Gasteiger partial charge on any atom is 0.302 e. The molecule has 1 aliphatic rings. The first-order valence-corrected chi connectivity index (χ1v) is 8.81. The normalized spacial score (nSPS) is 12.1. The summed E-state index contributed by atoms with van der Waals surface area (Å²) in [5.41, 5.74) is 2.62. The molecule has 5 rings (SSSR count). The number of hydrogen-bond acceptors (Lipinski definition) is 8. The number of fused-ring (bicyclic) bond motifs is 5. The summed E-state index contributed by atoms with van der Waals surface area (Å²) in [4.78, 5) is 24.0. The van der Waals surface area contributed by atoms with Crippen molar-refractivity contribution in [3.05, 3.63) is 48.3 Å². The predicted molar refractivity (Wildman–Crippen MR) is 95.3 cm³/mol. The van der Waals surface area contributed by atoms with Crippen LogP contribution in [0.3, 0.4) is 0 Å². The average molecular weight is 395 g/mol. The van der Waals surface area contributed by atoms with Crippen molar-refractivity contribution in [2.75, 3.05) is 6.61 Å². The first kappa shape index (κ1) is 17.2. The standard InChI is InChI=1S/C18H14FN7O3/c1-10(27)28-5-4-15-23-17(24-29-15)16-14-7-26-18(20-8-22-26)12-6-11(19)2-3-13(12)25(14)9-21-16/h2-3,6,8-9H,4-5,7H2,1H3. The average Bonchev–Trinajstić information content (AvgIpc) is 3.41. The molecule has 4 heterocycles. The number of nitrogens with zero attached hydrogens (tertiary/aromatic N) is 7. The summed E-state index contributed by atoms with van der Waals surface area (Å²) in [6, 6.07) is 4.48. The van der Waals surface area contributed by atoms with Gasteiger partial charge in [-0.1, -0.05) is 5.16 Å². The third-order valence-electron chi connectivity index (χ3n) is 4.54. The van der Waals surface area contributed by atoms with E-state index in [1.807, 2.05) is 4.57 Å².